The molecule has 1 heterocycles. The quantitative estimate of drug-likeness (QED) is 0.851. The Labute approximate surface area is 125 Å². The maximum atomic E-state index is 12.2. The maximum absolute atomic E-state index is 12.2. The first kappa shape index (κ1) is 15.2. The van der Waals surface area contributed by atoms with Gasteiger partial charge < -0.3 is 5.32 Å². The van der Waals surface area contributed by atoms with Crippen molar-refractivity contribution in [1.29, 1.82) is 0 Å². The lowest BCUT2D eigenvalue weighted by Gasteiger charge is -2.14. The number of hydrogen-bond acceptors (Lipinski definition) is 3. The van der Waals surface area contributed by atoms with Gasteiger partial charge in [-0.1, -0.05) is 44.9 Å². The number of carbonyl (C=O) groups is 1. The Kier molecular flexibility index (Phi) is 5.49. The van der Waals surface area contributed by atoms with Gasteiger partial charge in [0.25, 0.3) is 0 Å². The molecule has 2 aromatic rings. The number of para-hydroxylation sites is 1. The zero-order valence-corrected chi connectivity index (χ0v) is 12.6. The van der Waals surface area contributed by atoms with E-state index in [0.717, 1.165) is 30.5 Å². The van der Waals surface area contributed by atoms with Crippen LogP contribution in [0, 0.1) is 5.92 Å². The van der Waals surface area contributed by atoms with E-state index < -0.39 is 0 Å². The van der Waals surface area contributed by atoms with Gasteiger partial charge in [0.2, 0.25) is 5.91 Å². The molecule has 5 nitrogen and oxygen atoms in total. The van der Waals surface area contributed by atoms with Gasteiger partial charge in [-0.05, 0) is 18.1 Å². The van der Waals surface area contributed by atoms with Gasteiger partial charge in [-0.15, -0.1) is 0 Å². The number of nitrogens with one attached hydrogen (secondary N) is 1. The Morgan fingerprint density at radius 3 is 2.90 bits per heavy atom. The van der Waals surface area contributed by atoms with Gasteiger partial charge in [-0.25, -0.2) is 9.67 Å². The summed E-state index contributed by atoms with van der Waals surface area (Å²) in [5.74, 6) is 0.110. The zero-order chi connectivity index (χ0) is 15.1. The van der Waals surface area contributed by atoms with Crippen molar-refractivity contribution in [2.24, 2.45) is 5.92 Å². The smallest absolute Gasteiger partial charge is 0.227 e. The molecular formula is C16H22N4O. The average molecular weight is 286 g/mol. The van der Waals surface area contributed by atoms with Crippen molar-refractivity contribution >= 4 is 11.6 Å². The summed E-state index contributed by atoms with van der Waals surface area (Å²) in [6.45, 7) is 4.71. The van der Waals surface area contributed by atoms with Crippen LogP contribution in [0.2, 0.25) is 0 Å². The third-order valence-electron chi connectivity index (χ3n) is 3.51. The van der Waals surface area contributed by atoms with Crippen LogP contribution >= 0.6 is 0 Å². The lowest BCUT2D eigenvalue weighted by Crippen LogP contribution is -2.21. The van der Waals surface area contributed by atoms with Gasteiger partial charge in [0.1, 0.15) is 12.7 Å². The van der Waals surface area contributed by atoms with Gasteiger partial charge in [0.05, 0.1) is 6.54 Å². The summed E-state index contributed by atoms with van der Waals surface area (Å²) in [5, 5.41) is 7.13. The van der Waals surface area contributed by atoms with Gasteiger partial charge in [-0.2, -0.15) is 5.10 Å². The molecule has 21 heavy (non-hydrogen) atoms. The highest BCUT2D eigenvalue weighted by molar-refractivity contribution is 5.93. The van der Waals surface area contributed by atoms with E-state index in [9.17, 15) is 4.79 Å². The fourth-order valence-corrected chi connectivity index (χ4v) is 2.17. The molecule has 0 saturated heterocycles. The molecule has 1 N–H and O–H groups in total. The molecule has 5 heteroatoms. The van der Waals surface area contributed by atoms with E-state index in [1.165, 1.54) is 6.33 Å². The first-order valence-corrected chi connectivity index (χ1v) is 7.42. The summed E-state index contributed by atoms with van der Waals surface area (Å²) < 4.78 is 1.74. The van der Waals surface area contributed by atoms with Crippen molar-refractivity contribution in [2.45, 2.75) is 39.7 Å². The molecule has 0 aliphatic heterocycles. The second kappa shape index (κ2) is 7.57. The van der Waals surface area contributed by atoms with Crippen LogP contribution in [0.15, 0.2) is 36.9 Å². The summed E-state index contributed by atoms with van der Waals surface area (Å²) in [7, 11) is 0. The number of amides is 1. The van der Waals surface area contributed by atoms with Crippen LogP contribution in [-0.4, -0.2) is 20.7 Å². The molecule has 0 radical (unpaired) electrons. The number of unbranched alkanes of at least 4 members (excludes halogenated alkanes) is 1. The summed E-state index contributed by atoms with van der Waals surface area (Å²) in [6.07, 6.45) is 6.29. The van der Waals surface area contributed by atoms with Crippen molar-refractivity contribution in [1.82, 2.24) is 14.8 Å². The summed E-state index contributed by atoms with van der Waals surface area (Å²) in [5.41, 5.74) is 1.88. The molecule has 1 aromatic heterocycles. The molecule has 0 aliphatic rings. The van der Waals surface area contributed by atoms with E-state index in [1.807, 2.05) is 31.2 Å². The molecule has 0 spiro atoms. The highest BCUT2D eigenvalue weighted by Crippen LogP contribution is 2.18. The minimum Gasteiger partial charge on any atom is -0.326 e. The normalized spacial score (nSPS) is 12.1. The fourth-order valence-electron chi connectivity index (χ4n) is 2.17. The van der Waals surface area contributed by atoms with Crippen LogP contribution in [0.3, 0.4) is 0 Å². The average Bonchev–Trinajstić information content (AvgIpc) is 2.99. The number of carbonyl (C=O) groups excluding carboxylic acids is 1. The monoisotopic (exact) mass is 286 g/mol. The highest BCUT2D eigenvalue weighted by Gasteiger charge is 2.14. The lowest BCUT2D eigenvalue weighted by atomic mass is 10.0. The Balaban J connectivity index is 2.04. The molecular weight excluding hydrogens is 264 g/mol. The van der Waals surface area contributed by atoms with Gasteiger partial charge in [-0.3, -0.25) is 4.79 Å². The second-order valence-corrected chi connectivity index (χ2v) is 5.28. The Morgan fingerprint density at radius 2 is 2.19 bits per heavy atom. The molecule has 0 fully saturated rings. The van der Waals surface area contributed by atoms with E-state index >= 15 is 0 Å². The molecule has 0 unspecified atom stereocenters. The van der Waals surface area contributed by atoms with Crippen molar-refractivity contribution < 1.29 is 4.79 Å². The largest absolute Gasteiger partial charge is 0.326 e. The number of anilines is 1. The molecule has 1 atom stereocenters. The van der Waals surface area contributed by atoms with Gasteiger partial charge in [0.15, 0.2) is 0 Å². The number of nitrogens with zero attached hydrogens (tertiary/aromatic N) is 3. The van der Waals surface area contributed by atoms with E-state index in [4.69, 9.17) is 0 Å². The number of benzene rings is 1. The predicted molar refractivity (Wildman–Crippen MR) is 82.9 cm³/mol. The maximum Gasteiger partial charge on any atom is 0.227 e. The standard InChI is InChI=1S/C16H22N4O/c1-3-4-7-13(2)16(21)19-15-9-6-5-8-14(15)10-20-12-17-11-18-20/h5-6,8-9,11-13H,3-4,7,10H2,1-2H3,(H,19,21)/t13-/m1/s1. The third kappa shape index (κ3) is 4.41. The van der Waals surface area contributed by atoms with Crippen LogP contribution in [0.5, 0.6) is 0 Å². The number of aromatic nitrogens is 3. The topological polar surface area (TPSA) is 59.8 Å². The minimum absolute atomic E-state index is 0.0318. The molecule has 0 bridgehead atoms. The number of rotatable bonds is 7. The van der Waals surface area contributed by atoms with E-state index in [1.54, 1.807) is 11.0 Å². The summed E-state index contributed by atoms with van der Waals surface area (Å²) in [6, 6.07) is 7.81. The fraction of sp³-hybridized carbons (Fsp3) is 0.438. The van der Waals surface area contributed by atoms with Crippen molar-refractivity contribution in [2.75, 3.05) is 5.32 Å². The van der Waals surface area contributed by atoms with Crippen LogP contribution in [0.4, 0.5) is 5.69 Å². The highest BCUT2D eigenvalue weighted by atomic mass is 16.1. The Bertz CT molecular complexity index is 565. The predicted octanol–water partition coefficient (Wildman–Crippen LogP) is 3.09. The van der Waals surface area contributed by atoms with E-state index in [0.29, 0.717) is 6.54 Å². The first-order chi connectivity index (χ1) is 10.2. The number of hydrogen-bond donors (Lipinski definition) is 1. The molecule has 1 aromatic carbocycles. The lowest BCUT2D eigenvalue weighted by molar-refractivity contribution is -0.119. The van der Waals surface area contributed by atoms with E-state index in [2.05, 4.69) is 22.3 Å². The summed E-state index contributed by atoms with van der Waals surface area (Å²) in [4.78, 5) is 16.2. The molecule has 0 saturated carbocycles. The first-order valence-electron chi connectivity index (χ1n) is 7.42. The van der Waals surface area contributed by atoms with Crippen molar-refractivity contribution in [3.8, 4) is 0 Å². The summed E-state index contributed by atoms with van der Waals surface area (Å²) >= 11 is 0. The van der Waals surface area contributed by atoms with Crippen LogP contribution in [0.25, 0.3) is 0 Å². The molecule has 2 rings (SSSR count). The zero-order valence-electron chi connectivity index (χ0n) is 12.6. The van der Waals surface area contributed by atoms with Gasteiger partial charge >= 0.3 is 0 Å². The Morgan fingerprint density at radius 1 is 1.38 bits per heavy atom. The van der Waals surface area contributed by atoms with Crippen molar-refractivity contribution in [3.05, 3.63) is 42.5 Å². The molecule has 0 aliphatic carbocycles. The molecule has 112 valence electrons. The Hall–Kier alpha value is -2.17. The minimum atomic E-state index is 0.0318. The van der Waals surface area contributed by atoms with E-state index in [-0.39, 0.29) is 11.8 Å². The van der Waals surface area contributed by atoms with Gasteiger partial charge in [0, 0.05) is 11.6 Å². The van der Waals surface area contributed by atoms with Crippen LogP contribution < -0.4 is 5.32 Å². The SMILES string of the molecule is CCCC[C@@H](C)C(=O)Nc1ccccc1Cn1cncn1. The third-order valence-corrected chi connectivity index (χ3v) is 3.51. The molecule has 1 amide bonds. The van der Waals surface area contributed by atoms with Crippen molar-refractivity contribution in [3.63, 3.8) is 0 Å². The van der Waals surface area contributed by atoms with Crippen LogP contribution in [-0.2, 0) is 11.3 Å². The van der Waals surface area contributed by atoms with Crippen LogP contribution in [0.1, 0.15) is 38.7 Å². The second-order valence-electron chi connectivity index (χ2n) is 5.28.